The van der Waals surface area contributed by atoms with E-state index in [1.165, 1.54) is 12.1 Å². The summed E-state index contributed by atoms with van der Waals surface area (Å²) in [7, 11) is 1.66. The van der Waals surface area contributed by atoms with Crippen LogP contribution in [0.3, 0.4) is 0 Å². The fourth-order valence-electron chi connectivity index (χ4n) is 3.22. The van der Waals surface area contributed by atoms with Gasteiger partial charge in [-0.1, -0.05) is 24.3 Å². The van der Waals surface area contributed by atoms with E-state index < -0.39 is 12.5 Å². The molecule has 0 aliphatic carbocycles. The average Bonchev–Trinajstić information content (AvgIpc) is 3.04. The summed E-state index contributed by atoms with van der Waals surface area (Å²) in [5, 5.41) is 0. The smallest absolute Gasteiger partial charge is 0.387 e. The second kappa shape index (κ2) is 8.68. The largest absolute Gasteiger partial charge is 0.435 e. The van der Waals surface area contributed by atoms with Gasteiger partial charge in [-0.15, -0.1) is 0 Å². The standard InChI is InChI=1S/C20H19BrF2N2O3/c1-24(11-13-6-8-15(9-7-13)28-20(22)23)19(27)14-10-18(26)25(12-14)17-5-3-2-4-16(17)21/h2-9,14,20H,10-12H2,1H3/t14-/m0/s1. The minimum Gasteiger partial charge on any atom is -0.435 e. The summed E-state index contributed by atoms with van der Waals surface area (Å²) < 4.78 is 29.5. The molecule has 0 unspecified atom stereocenters. The van der Waals surface area contributed by atoms with Gasteiger partial charge in [0, 0.05) is 31.0 Å². The van der Waals surface area contributed by atoms with Gasteiger partial charge in [0.15, 0.2) is 0 Å². The van der Waals surface area contributed by atoms with Crippen molar-refractivity contribution in [1.29, 1.82) is 0 Å². The van der Waals surface area contributed by atoms with E-state index >= 15 is 0 Å². The number of amides is 2. The molecule has 148 valence electrons. The van der Waals surface area contributed by atoms with Crippen LogP contribution in [0.2, 0.25) is 0 Å². The van der Waals surface area contributed by atoms with Crippen LogP contribution >= 0.6 is 15.9 Å². The summed E-state index contributed by atoms with van der Waals surface area (Å²) >= 11 is 3.44. The Morgan fingerprint density at radius 2 is 1.93 bits per heavy atom. The first-order valence-corrected chi connectivity index (χ1v) is 9.48. The number of rotatable bonds is 6. The Kier molecular flexibility index (Phi) is 6.28. The molecule has 0 saturated carbocycles. The molecule has 8 heteroatoms. The maximum absolute atomic E-state index is 12.8. The summed E-state index contributed by atoms with van der Waals surface area (Å²) in [5.41, 5.74) is 1.53. The maximum Gasteiger partial charge on any atom is 0.387 e. The number of ether oxygens (including phenoxy) is 1. The van der Waals surface area contributed by atoms with Crippen LogP contribution in [-0.4, -0.2) is 36.9 Å². The molecule has 2 aromatic rings. The first kappa shape index (κ1) is 20.3. The van der Waals surface area contributed by atoms with Gasteiger partial charge in [-0.05, 0) is 45.8 Å². The predicted octanol–water partition coefficient (Wildman–Crippen LogP) is 4.06. The Morgan fingerprint density at radius 3 is 2.57 bits per heavy atom. The summed E-state index contributed by atoms with van der Waals surface area (Å²) in [4.78, 5) is 28.4. The first-order valence-electron chi connectivity index (χ1n) is 8.68. The third kappa shape index (κ3) is 4.67. The summed E-state index contributed by atoms with van der Waals surface area (Å²) in [5.74, 6) is -0.577. The van der Waals surface area contributed by atoms with Crippen LogP contribution in [0.15, 0.2) is 53.0 Å². The first-order chi connectivity index (χ1) is 13.3. The van der Waals surface area contributed by atoms with Crippen LogP contribution in [0.4, 0.5) is 14.5 Å². The Labute approximate surface area is 170 Å². The Bertz CT molecular complexity index is 861. The quantitative estimate of drug-likeness (QED) is 0.663. The lowest BCUT2D eigenvalue weighted by Crippen LogP contribution is -2.34. The van der Waals surface area contributed by atoms with Gasteiger partial charge in [0.1, 0.15) is 5.75 Å². The fourth-order valence-corrected chi connectivity index (χ4v) is 3.72. The molecule has 1 aliphatic rings. The normalized spacial score (nSPS) is 16.5. The fraction of sp³-hybridized carbons (Fsp3) is 0.300. The predicted molar refractivity (Wildman–Crippen MR) is 104 cm³/mol. The monoisotopic (exact) mass is 452 g/mol. The van der Waals surface area contributed by atoms with Crippen molar-refractivity contribution in [3.05, 3.63) is 58.6 Å². The van der Waals surface area contributed by atoms with Gasteiger partial charge >= 0.3 is 6.61 Å². The number of hydrogen-bond acceptors (Lipinski definition) is 3. The lowest BCUT2D eigenvalue weighted by atomic mass is 10.1. The molecule has 0 radical (unpaired) electrons. The second-order valence-corrected chi connectivity index (χ2v) is 7.43. The molecular formula is C20H19BrF2N2O3. The molecule has 2 aromatic carbocycles. The summed E-state index contributed by atoms with van der Waals surface area (Å²) in [6.07, 6.45) is 0.158. The van der Waals surface area contributed by atoms with E-state index in [-0.39, 0.29) is 24.0 Å². The van der Waals surface area contributed by atoms with Crippen LogP contribution in [0.5, 0.6) is 5.75 Å². The highest BCUT2D eigenvalue weighted by atomic mass is 79.9. The van der Waals surface area contributed by atoms with Crippen molar-refractivity contribution in [3.63, 3.8) is 0 Å². The number of para-hydroxylation sites is 1. The summed E-state index contributed by atoms with van der Waals surface area (Å²) in [6, 6.07) is 13.5. The molecule has 3 rings (SSSR count). The minimum atomic E-state index is -2.87. The SMILES string of the molecule is CN(Cc1ccc(OC(F)F)cc1)C(=O)[C@H]1CC(=O)N(c2ccccc2Br)C1. The van der Waals surface area contributed by atoms with E-state index in [1.807, 2.05) is 24.3 Å². The van der Waals surface area contributed by atoms with Crippen molar-refractivity contribution in [2.45, 2.75) is 19.6 Å². The molecule has 2 amide bonds. The molecular weight excluding hydrogens is 434 g/mol. The van der Waals surface area contributed by atoms with Crippen molar-refractivity contribution in [2.75, 3.05) is 18.5 Å². The van der Waals surface area contributed by atoms with Gasteiger partial charge in [-0.2, -0.15) is 8.78 Å². The molecule has 5 nitrogen and oxygen atoms in total. The number of nitrogens with zero attached hydrogens (tertiary/aromatic N) is 2. The van der Waals surface area contributed by atoms with Crippen molar-refractivity contribution in [1.82, 2.24) is 4.90 Å². The van der Waals surface area contributed by atoms with Gasteiger partial charge in [0.05, 0.1) is 11.6 Å². The average molecular weight is 453 g/mol. The number of benzene rings is 2. The van der Waals surface area contributed by atoms with E-state index in [1.54, 1.807) is 29.0 Å². The van der Waals surface area contributed by atoms with E-state index in [4.69, 9.17) is 0 Å². The third-order valence-corrected chi connectivity index (χ3v) is 5.23. The van der Waals surface area contributed by atoms with Crippen molar-refractivity contribution < 1.29 is 23.1 Å². The number of carbonyl (C=O) groups is 2. The van der Waals surface area contributed by atoms with Crippen molar-refractivity contribution in [2.24, 2.45) is 5.92 Å². The number of hydrogen-bond donors (Lipinski definition) is 0. The van der Waals surface area contributed by atoms with Crippen LogP contribution in [-0.2, 0) is 16.1 Å². The Hall–Kier alpha value is -2.48. The minimum absolute atomic E-state index is 0.0678. The number of alkyl halides is 2. The second-order valence-electron chi connectivity index (χ2n) is 6.57. The zero-order valence-corrected chi connectivity index (χ0v) is 16.7. The highest BCUT2D eigenvalue weighted by Gasteiger charge is 2.37. The molecule has 1 heterocycles. The maximum atomic E-state index is 12.8. The number of carbonyl (C=O) groups excluding carboxylic acids is 2. The zero-order chi connectivity index (χ0) is 20.3. The van der Waals surface area contributed by atoms with E-state index in [0.717, 1.165) is 15.7 Å². The topological polar surface area (TPSA) is 49.9 Å². The molecule has 0 aromatic heterocycles. The van der Waals surface area contributed by atoms with E-state index in [2.05, 4.69) is 20.7 Å². The highest BCUT2D eigenvalue weighted by molar-refractivity contribution is 9.10. The molecule has 0 N–H and O–H groups in total. The molecule has 0 bridgehead atoms. The molecule has 1 atom stereocenters. The highest BCUT2D eigenvalue weighted by Crippen LogP contribution is 2.32. The van der Waals surface area contributed by atoms with Gasteiger partial charge in [-0.3, -0.25) is 9.59 Å². The molecule has 1 saturated heterocycles. The van der Waals surface area contributed by atoms with Gasteiger partial charge in [0.25, 0.3) is 0 Å². The van der Waals surface area contributed by atoms with Gasteiger partial charge in [-0.25, -0.2) is 0 Å². The van der Waals surface area contributed by atoms with Crippen LogP contribution in [0.1, 0.15) is 12.0 Å². The van der Waals surface area contributed by atoms with Crippen LogP contribution in [0, 0.1) is 5.92 Å². The Morgan fingerprint density at radius 1 is 1.25 bits per heavy atom. The molecule has 1 aliphatic heterocycles. The zero-order valence-electron chi connectivity index (χ0n) is 15.1. The molecule has 28 heavy (non-hydrogen) atoms. The van der Waals surface area contributed by atoms with Gasteiger partial charge < -0.3 is 14.5 Å². The van der Waals surface area contributed by atoms with Crippen LogP contribution < -0.4 is 9.64 Å². The number of halogens is 3. The number of anilines is 1. The van der Waals surface area contributed by atoms with Crippen molar-refractivity contribution >= 4 is 33.4 Å². The third-order valence-electron chi connectivity index (χ3n) is 4.56. The van der Waals surface area contributed by atoms with E-state index in [9.17, 15) is 18.4 Å². The molecule has 0 spiro atoms. The molecule has 1 fully saturated rings. The Balaban J connectivity index is 1.62. The van der Waals surface area contributed by atoms with Gasteiger partial charge in [0.2, 0.25) is 11.8 Å². The lowest BCUT2D eigenvalue weighted by Gasteiger charge is -2.22. The summed E-state index contributed by atoms with van der Waals surface area (Å²) in [6.45, 7) is -2.23. The van der Waals surface area contributed by atoms with Crippen LogP contribution in [0.25, 0.3) is 0 Å². The van der Waals surface area contributed by atoms with E-state index in [0.29, 0.717) is 13.1 Å². The lowest BCUT2D eigenvalue weighted by molar-refractivity contribution is -0.135. The van der Waals surface area contributed by atoms with Crippen molar-refractivity contribution in [3.8, 4) is 5.75 Å².